The Morgan fingerprint density at radius 3 is 2.79 bits per heavy atom. The van der Waals surface area contributed by atoms with Gasteiger partial charge in [0.05, 0.1) is 0 Å². The van der Waals surface area contributed by atoms with Gasteiger partial charge in [-0.05, 0) is 25.2 Å². The van der Waals surface area contributed by atoms with Gasteiger partial charge < -0.3 is 16.0 Å². The first-order valence-electron chi connectivity index (χ1n) is 7.31. The molecule has 0 amide bonds. The van der Waals surface area contributed by atoms with Gasteiger partial charge in [-0.1, -0.05) is 20.3 Å². The normalized spacial score (nSPS) is 16.6. The average Bonchev–Trinajstić information content (AvgIpc) is 2.42. The van der Waals surface area contributed by atoms with Crippen molar-refractivity contribution >= 4 is 17.3 Å². The summed E-state index contributed by atoms with van der Waals surface area (Å²) in [5, 5.41) is 3.30. The van der Waals surface area contributed by atoms with Gasteiger partial charge in [0, 0.05) is 19.6 Å². The molecule has 0 atom stereocenters. The first-order valence-corrected chi connectivity index (χ1v) is 7.31. The molecule has 5 heteroatoms. The van der Waals surface area contributed by atoms with Crippen molar-refractivity contribution in [1.29, 1.82) is 0 Å². The quantitative estimate of drug-likeness (QED) is 0.799. The first kappa shape index (κ1) is 13.9. The SMILES string of the molecule is CCCCNc1ncnc(N2CCC(C)CC2)c1N. The van der Waals surface area contributed by atoms with E-state index in [1.165, 1.54) is 12.8 Å². The second-order valence-corrected chi connectivity index (χ2v) is 5.41. The van der Waals surface area contributed by atoms with E-state index in [4.69, 9.17) is 5.73 Å². The smallest absolute Gasteiger partial charge is 0.157 e. The highest BCUT2D eigenvalue weighted by atomic mass is 15.2. The highest BCUT2D eigenvalue weighted by Crippen LogP contribution is 2.29. The highest BCUT2D eigenvalue weighted by Gasteiger charge is 2.20. The summed E-state index contributed by atoms with van der Waals surface area (Å²) < 4.78 is 0. The van der Waals surface area contributed by atoms with Crippen LogP contribution in [0.2, 0.25) is 0 Å². The zero-order chi connectivity index (χ0) is 13.7. The van der Waals surface area contributed by atoms with E-state index in [9.17, 15) is 0 Å². The van der Waals surface area contributed by atoms with Crippen LogP contribution in [0.5, 0.6) is 0 Å². The van der Waals surface area contributed by atoms with Crippen molar-refractivity contribution in [1.82, 2.24) is 9.97 Å². The number of piperidine rings is 1. The van der Waals surface area contributed by atoms with Gasteiger partial charge >= 0.3 is 0 Å². The number of aromatic nitrogens is 2. The number of nitrogens with two attached hydrogens (primary N) is 1. The minimum Gasteiger partial charge on any atom is -0.393 e. The van der Waals surface area contributed by atoms with Crippen LogP contribution >= 0.6 is 0 Å². The van der Waals surface area contributed by atoms with Crippen LogP contribution in [-0.2, 0) is 0 Å². The van der Waals surface area contributed by atoms with Crippen LogP contribution in [0.3, 0.4) is 0 Å². The molecule has 0 radical (unpaired) electrons. The Kier molecular flexibility index (Phi) is 4.82. The molecule has 19 heavy (non-hydrogen) atoms. The molecule has 0 spiro atoms. The molecule has 2 rings (SSSR count). The molecule has 5 nitrogen and oxygen atoms in total. The van der Waals surface area contributed by atoms with Crippen LogP contribution < -0.4 is 16.0 Å². The van der Waals surface area contributed by atoms with Gasteiger partial charge in [-0.2, -0.15) is 0 Å². The summed E-state index contributed by atoms with van der Waals surface area (Å²) in [6, 6.07) is 0. The van der Waals surface area contributed by atoms with E-state index in [-0.39, 0.29) is 0 Å². The summed E-state index contributed by atoms with van der Waals surface area (Å²) in [7, 11) is 0. The van der Waals surface area contributed by atoms with Crippen molar-refractivity contribution in [3.63, 3.8) is 0 Å². The Bertz CT molecular complexity index is 399. The molecule has 3 N–H and O–H groups in total. The van der Waals surface area contributed by atoms with E-state index in [0.29, 0.717) is 5.69 Å². The number of rotatable bonds is 5. The van der Waals surface area contributed by atoms with Gasteiger partial charge in [0.1, 0.15) is 12.0 Å². The molecule has 1 aliphatic rings. The number of unbranched alkanes of at least 4 members (excludes halogenated alkanes) is 1. The minimum absolute atomic E-state index is 0.688. The van der Waals surface area contributed by atoms with Crippen LogP contribution in [0.4, 0.5) is 17.3 Å². The van der Waals surface area contributed by atoms with E-state index in [2.05, 4.69) is 34.0 Å². The van der Waals surface area contributed by atoms with Gasteiger partial charge in [0.25, 0.3) is 0 Å². The molecule has 1 aromatic heterocycles. The van der Waals surface area contributed by atoms with Gasteiger partial charge in [0.2, 0.25) is 0 Å². The Balaban J connectivity index is 2.06. The average molecular weight is 263 g/mol. The molecule has 106 valence electrons. The summed E-state index contributed by atoms with van der Waals surface area (Å²) in [5.41, 5.74) is 6.89. The van der Waals surface area contributed by atoms with E-state index in [1.807, 2.05) is 0 Å². The molecular formula is C14H25N5. The van der Waals surface area contributed by atoms with Crippen LogP contribution in [0, 0.1) is 5.92 Å². The number of anilines is 3. The van der Waals surface area contributed by atoms with Crippen molar-refractivity contribution in [2.75, 3.05) is 35.6 Å². The van der Waals surface area contributed by atoms with Gasteiger partial charge in [0.15, 0.2) is 11.6 Å². The maximum Gasteiger partial charge on any atom is 0.157 e. The number of hydrogen-bond donors (Lipinski definition) is 2. The van der Waals surface area contributed by atoms with E-state index >= 15 is 0 Å². The Labute approximate surface area is 115 Å². The van der Waals surface area contributed by atoms with Crippen molar-refractivity contribution in [3.8, 4) is 0 Å². The molecule has 0 aliphatic carbocycles. The highest BCUT2D eigenvalue weighted by molar-refractivity contribution is 5.74. The van der Waals surface area contributed by atoms with Crippen LogP contribution in [-0.4, -0.2) is 29.6 Å². The molecule has 1 aromatic rings. The third-order valence-corrected chi connectivity index (χ3v) is 3.77. The van der Waals surface area contributed by atoms with Crippen LogP contribution in [0.15, 0.2) is 6.33 Å². The third-order valence-electron chi connectivity index (χ3n) is 3.77. The second-order valence-electron chi connectivity index (χ2n) is 5.41. The molecular weight excluding hydrogens is 238 g/mol. The molecule has 0 unspecified atom stereocenters. The number of nitrogens with one attached hydrogen (secondary N) is 1. The van der Waals surface area contributed by atoms with Crippen molar-refractivity contribution in [2.45, 2.75) is 39.5 Å². The predicted octanol–water partition coefficient (Wildman–Crippen LogP) is 2.51. The third kappa shape index (κ3) is 3.49. The summed E-state index contributed by atoms with van der Waals surface area (Å²) in [5.74, 6) is 2.47. The largest absolute Gasteiger partial charge is 0.393 e. The van der Waals surface area contributed by atoms with Crippen molar-refractivity contribution < 1.29 is 0 Å². The van der Waals surface area contributed by atoms with Gasteiger partial charge in [-0.25, -0.2) is 9.97 Å². The lowest BCUT2D eigenvalue weighted by atomic mass is 9.99. The number of nitrogen functional groups attached to an aromatic ring is 1. The molecule has 0 aromatic carbocycles. The fourth-order valence-electron chi connectivity index (χ4n) is 2.38. The minimum atomic E-state index is 0.688. The zero-order valence-electron chi connectivity index (χ0n) is 12.0. The molecule has 2 heterocycles. The summed E-state index contributed by atoms with van der Waals surface area (Å²) in [4.78, 5) is 10.9. The molecule has 0 bridgehead atoms. The Hall–Kier alpha value is -1.52. The summed E-state index contributed by atoms with van der Waals surface area (Å²) in [6.07, 6.45) is 6.32. The molecule has 1 aliphatic heterocycles. The fourth-order valence-corrected chi connectivity index (χ4v) is 2.38. The summed E-state index contributed by atoms with van der Waals surface area (Å²) >= 11 is 0. The summed E-state index contributed by atoms with van der Waals surface area (Å²) in [6.45, 7) is 7.46. The Morgan fingerprint density at radius 2 is 2.11 bits per heavy atom. The number of hydrogen-bond acceptors (Lipinski definition) is 5. The molecule has 1 saturated heterocycles. The lowest BCUT2D eigenvalue weighted by Crippen LogP contribution is -2.34. The standard InChI is InChI=1S/C14H25N5/c1-3-4-7-16-13-12(15)14(18-10-17-13)19-8-5-11(2)6-9-19/h10-11H,3-9,15H2,1-2H3,(H,16,17,18). The maximum atomic E-state index is 6.20. The lowest BCUT2D eigenvalue weighted by Gasteiger charge is -2.32. The maximum absolute atomic E-state index is 6.20. The van der Waals surface area contributed by atoms with Gasteiger partial charge in [-0.3, -0.25) is 0 Å². The second kappa shape index (κ2) is 6.59. The Morgan fingerprint density at radius 1 is 1.37 bits per heavy atom. The van der Waals surface area contributed by atoms with Crippen LogP contribution in [0.1, 0.15) is 39.5 Å². The van der Waals surface area contributed by atoms with Crippen molar-refractivity contribution in [3.05, 3.63) is 6.33 Å². The van der Waals surface area contributed by atoms with E-state index in [1.54, 1.807) is 6.33 Å². The zero-order valence-corrected chi connectivity index (χ0v) is 12.0. The monoisotopic (exact) mass is 263 g/mol. The molecule has 1 fully saturated rings. The lowest BCUT2D eigenvalue weighted by molar-refractivity contribution is 0.437. The predicted molar refractivity (Wildman–Crippen MR) is 80.5 cm³/mol. The van der Waals surface area contributed by atoms with E-state index < -0.39 is 0 Å². The first-order chi connectivity index (χ1) is 9.22. The number of nitrogens with zero attached hydrogens (tertiary/aromatic N) is 3. The van der Waals surface area contributed by atoms with E-state index in [0.717, 1.165) is 50.0 Å². The fraction of sp³-hybridized carbons (Fsp3) is 0.714. The van der Waals surface area contributed by atoms with Crippen LogP contribution in [0.25, 0.3) is 0 Å². The van der Waals surface area contributed by atoms with Gasteiger partial charge in [-0.15, -0.1) is 0 Å². The topological polar surface area (TPSA) is 67.1 Å². The van der Waals surface area contributed by atoms with Crippen molar-refractivity contribution in [2.24, 2.45) is 5.92 Å². The molecule has 0 saturated carbocycles.